The molecule has 3 rings (SSSR count). The van der Waals surface area contributed by atoms with Gasteiger partial charge in [-0.2, -0.15) is 4.98 Å². The zero-order chi connectivity index (χ0) is 23.3. The van der Waals surface area contributed by atoms with Crippen molar-refractivity contribution in [2.45, 2.75) is 44.4 Å². The number of hydrogen-bond donors (Lipinski definition) is 1. The van der Waals surface area contributed by atoms with Gasteiger partial charge in [-0.15, -0.1) is 0 Å². The second-order valence-electron chi connectivity index (χ2n) is 7.40. The number of nitrogens with zero attached hydrogens (tertiary/aromatic N) is 3. The first kappa shape index (κ1) is 23.7. The van der Waals surface area contributed by atoms with Gasteiger partial charge in [-0.3, -0.25) is 9.10 Å². The number of aromatic nitrogens is 2. The predicted molar refractivity (Wildman–Crippen MR) is 123 cm³/mol. The molecule has 2 aromatic carbocycles. The van der Waals surface area contributed by atoms with Crippen LogP contribution in [-0.4, -0.2) is 31.0 Å². The fourth-order valence-corrected chi connectivity index (χ4v) is 5.01. The Labute approximate surface area is 192 Å². The molecule has 0 saturated heterocycles. The molecule has 0 aliphatic rings. The van der Waals surface area contributed by atoms with E-state index in [4.69, 9.17) is 16.1 Å². The Morgan fingerprint density at radius 1 is 1.19 bits per heavy atom. The Bertz CT molecular complexity index is 1180. The maximum atomic E-state index is 13.3. The van der Waals surface area contributed by atoms with Crippen molar-refractivity contribution in [3.8, 4) is 0 Å². The van der Waals surface area contributed by atoms with Crippen molar-refractivity contribution < 1.29 is 17.7 Å². The molecule has 0 atom stereocenters. The molecule has 32 heavy (non-hydrogen) atoms. The van der Waals surface area contributed by atoms with Crippen LogP contribution in [0.5, 0.6) is 0 Å². The lowest BCUT2D eigenvalue weighted by atomic mass is 10.2. The smallest absolute Gasteiger partial charge is 0.265 e. The normalized spacial score (nSPS) is 11.5. The first-order chi connectivity index (χ1) is 15.2. The number of halogens is 1. The van der Waals surface area contributed by atoms with E-state index in [0.717, 1.165) is 0 Å². The quantitative estimate of drug-likeness (QED) is 0.482. The molecule has 170 valence electrons. The number of benzene rings is 2. The first-order valence-electron chi connectivity index (χ1n) is 10.2. The van der Waals surface area contributed by atoms with Gasteiger partial charge in [0.25, 0.3) is 10.0 Å². The van der Waals surface area contributed by atoms with Crippen LogP contribution in [0.15, 0.2) is 57.9 Å². The molecule has 0 radical (unpaired) electrons. The van der Waals surface area contributed by atoms with E-state index in [2.05, 4.69) is 15.5 Å². The van der Waals surface area contributed by atoms with Crippen molar-refractivity contribution in [3.63, 3.8) is 0 Å². The zero-order valence-electron chi connectivity index (χ0n) is 18.1. The minimum Gasteiger partial charge on any atom is -0.339 e. The molecule has 0 bridgehead atoms. The van der Waals surface area contributed by atoms with E-state index in [-0.39, 0.29) is 41.1 Å². The van der Waals surface area contributed by atoms with Crippen LogP contribution < -0.4 is 9.62 Å². The molecule has 0 aliphatic heterocycles. The van der Waals surface area contributed by atoms with Crippen molar-refractivity contribution in [3.05, 3.63) is 65.3 Å². The average Bonchev–Trinajstić information content (AvgIpc) is 3.24. The van der Waals surface area contributed by atoms with Gasteiger partial charge in [0.15, 0.2) is 5.82 Å². The highest BCUT2D eigenvalue weighted by atomic mass is 35.5. The predicted octanol–water partition coefficient (Wildman–Crippen LogP) is 4.63. The summed E-state index contributed by atoms with van der Waals surface area (Å²) < 4.78 is 33.0. The fraction of sp³-hybridized carbons (Fsp3) is 0.318. The third-order valence-electron chi connectivity index (χ3n) is 4.68. The number of nitrogens with one attached hydrogen (secondary N) is 1. The van der Waals surface area contributed by atoms with Crippen LogP contribution >= 0.6 is 11.6 Å². The van der Waals surface area contributed by atoms with Crippen molar-refractivity contribution in [1.82, 2.24) is 10.1 Å². The van der Waals surface area contributed by atoms with Gasteiger partial charge in [0.1, 0.15) is 4.90 Å². The minimum absolute atomic E-state index is 0.0736. The summed E-state index contributed by atoms with van der Waals surface area (Å²) in [7, 11) is -3.94. The maximum Gasteiger partial charge on any atom is 0.265 e. The number of amides is 1. The zero-order valence-corrected chi connectivity index (χ0v) is 19.7. The number of carbonyl (C=O) groups excluding carboxylic acids is 1. The lowest BCUT2D eigenvalue weighted by Gasteiger charge is -2.23. The Balaban J connectivity index is 1.75. The summed E-state index contributed by atoms with van der Waals surface area (Å²) in [5, 5.41) is 6.65. The van der Waals surface area contributed by atoms with Crippen LogP contribution in [-0.2, 0) is 21.2 Å². The largest absolute Gasteiger partial charge is 0.339 e. The molecule has 1 heterocycles. The maximum absolute atomic E-state index is 13.3. The van der Waals surface area contributed by atoms with Gasteiger partial charge in [0.2, 0.25) is 11.8 Å². The van der Waals surface area contributed by atoms with Crippen LogP contribution in [0, 0.1) is 0 Å². The molecule has 8 nitrogen and oxygen atoms in total. The molecular formula is C22H25ClN4O4S. The highest BCUT2D eigenvalue weighted by Gasteiger charge is 2.26. The number of anilines is 2. The van der Waals surface area contributed by atoms with Gasteiger partial charge in [0, 0.05) is 31.0 Å². The van der Waals surface area contributed by atoms with Gasteiger partial charge < -0.3 is 9.84 Å². The molecule has 1 amide bonds. The van der Waals surface area contributed by atoms with Crippen molar-refractivity contribution in [2.75, 3.05) is 16.2 Å². The molecule has 0 fully saturated rings. The lowest BCUT2D eigenvalue weighted by Crippen LogP contribution is -2.31. The molecule has 0 aliphatic carbocycles. The van der Waals surface area contributed by atoms with Gasteiger partial charge in [-0.1, -0.05) is 48.8 Å². The number of rotatable bonds is 9. The van der Waals surface area contributed by atoms with E-state index in [0.29, 0.717) is 23.1 Å². The van der Waals surface area contributed by atoms with E-state index >= 15 is 0 Å². The monoisotopic (exact) mass is 476 g/mol. The van der Waals surface area contributed by atoms with Gasteiger partial charge in [-0.25, -0.2) is 8.42 Å². The van der Waals surface area contributed by atoms with Gasteiger partial charge in [-0.05, 0) is 37.3 Å². The molecule has 0 saturated carbocycles. The fourth-order valence-electron chi connectivity index (χ4n) is 3.03. The van der Waals surface area contributed by atoms with Gasteiger partial charge in [0.05, 0.1) is 10.7 Å². The molecule has 1 aromatic heterocycles. The number of hydrogen-bond acceptors (Lipinski definition) is 6. The summed E-state index contributed by atoms with van der Waals surface area (Å²) in [5.74, 6) is 0.793. The van der Waals surface area contributed by atoms with E-state index in [1.54, 1.807) is 37.3 Å². The molecular weight excluding hydrogens is 452 g/mol. The van der Waals surface area contributed by atoms with Crippen molar-refractivity contribution in [2.24, 2.45) is 0 Å². The molecule has 10 heteroatoms. The summed E-state index contributed by atoms with van der Waals surface area (Å²) >= 11 is 6.23. The summed E-state index contributed by atoms with van der Waals surface area (Å²) in [6.45, 7) is 5.87. The highest BCUT2D eigenvalue weighted by Crippen LogP contribution is 2.30. The number of para-hydroxylation sites is 1. The van der Waals surface area contributed by atoms with Crippen LogP contribution in [0.4, 0.5) is 11.4 Å². The SMILES string of the molecule is CCN(c1ccccc1)S(=O)(=O)c1cc(NC(=O)CCc2nc(C(C)C)no2)ccc1Cl. The third kappa shape index (κ3) is 5.46. The molecule has 0 unspecified atom stereocenters. The van der Waals surface area contributed by atoms with E-state index in [1.807, 2.05) is 19.9 Å². The van der Waals surface area contributed by atoms with Gasteiger partial charge >= 0.3 is 0 Å². The Morgan fingerprint density at radius 2 is 1.91 bits per heavy atom. The topological polar surface area (TPSA) is 105 Å². The molecule has 1 N–H and O–H groups in total. The Hall–Kier alpha value is -2.91. The van der Waals surface area contributed by atoms with E-state index in [1.165, 1.54) is 16.4 Å². The third-order valence-corrected chi connectivity index (χ3v) is 7.07. The minimum atomic E-state index is -3.94. The standard InChI is InChI=1S/C22H25ClN4O4S/c1-4-27(17-8-6-5-7-9-17)32(29,30)19-14-16(10-11-18(19)23)24-20(28)12-13-21-25-22(15(2)3)26-31-21/h5-11,14-15H,4,12-13H2,1-3H3,(H,24,28). The second-order valence-corrected chi connectivity index (χ2v) is 9.64. The second kappa shape index (κ2) is 10.1. The van der Waals surface area contributed by atoms with Crippen LogP contribution in [0.25, 0.3) is 0 Å². The Morgan fingerprint density at radius 3 is 2.53 bits per heavy atom. The Kier molecular flexibility index (Phi) is 7.52. The molecule has 3 aromatic rings. The van der Waals surface area contributed by atoms with Crippen LogP contribution in [0.2, 0.25) is 5.02 Å². The van der Waals surface area contributed by atoms with Crippen LogP contribution in [0.1, 0.15) is 44.8 Å². The highest BCUT2D eigenvalue weighted by molar-refractivity contribution is 7.93. The average molecular weight is 477 g/mol. The van der Waals surface area contributed by atoms with Crippen molar-refractivity contribution in [1.29, 1.82) is 0 Å². The number of sulfonamides is 1. The van der Waals surface area contributed by atoms with E-state index in [9.17, 15) is 13.2 Å². The lowest BCUT2D eigenvalue weighted by molar-refractivity contribution is -0.116. The number of aryl methyl sites for hydroxylation is 1. The molecule has 0 spiro atoms. The summed E-state index contributed by atoms with van der Waals surface area (Å²) in [5.41, 5.74) is 0.858. The summed E-state index contributed by atoms with van der Waals surface area (Å²) in [4.78, 5) is 16.6. The first-order valence-corrected chi connectivity index (χ1v) is 12.0. The van der Waals surface area contributed by atoms with Crippen LogP contribution in [0.3, 0.4) is 0 Å². The van der Waals surface area contributed by atoms with Crippen molar-refractivity contribution >= 4 is 38.9 Å². The summed E-state index contributed by atoms with van der Waals surface area (Å²) in [6, 6.07) is 13.1. The number of carbonyl (C=O) groups is 1. The van der Waals surface area contributed by atoms with E-state index < -0.39 is 10.0 Å². The summed E-state index contributed by atoms with van der Waals surface area (Å²) in [6.07, 6.45) is 0.386.